The molecule has 0 spiro atoms. The summed E-state index contributed by atoms with van der Waals surface area (Å²) in [4.78, 5) is 11.3. The summed E-state index contributed by atoms with van der Waals surface area (Å²) in [5.41, 5.74) is 14.3. The highest BCUT2D eigenvalue weighted by Gasteiger charge is 2.11. The number of nitrogen functional groups attached to an aromatic ring is 1. The molecule has 0 amide bonds. The molecule has 5 aromatic rings. The molecule has 3 aromatic carbocycles. The summed E-state index contributed by atoms with van der Waals surface area (Å²) < 4.78 is 2.23. The molecular formula is C31H35N5. The number of hydrogen-bond donors (Lipinski definition) is 1. The van der Waals surface area contributed by atoms with E-state index in [4.69, 9.17) is 5.73 Å². The summed E-state index contributed by atoms with van der Waals surface area (Å²) in [5, 5.41) is 1.11. The normalized spacial score (nSPS) is 11.6. The van der Waals surface area contributed by atoms with Gasteiger partial charge in [-0.15, -0.1) is 0 Å². The molecule has 0 saturated heterocycles. The Hall–Kier alpha value is -3.70. The first-order chi connectivity index (χ1) is 17.6. The lowest BCUT2D eigenvalue weighted by Gasteiger charge is -2.10. The quantitative estimate of drug-likeness (QED) is 0.238. The van der Waals surface area contributed by atoms with Gasteiger partial charge in [-0.2, -0.15) is 0 Å². The van der Waals surface area contributed by atoms with E-state index in [9.17, 15) is 0 Å². The Kier molecular flexibility index (Phi) is 7.28. The molecule has 5 rings (SSSR count). The fraction of sp³-hybridized carbons (Fsp3) is 0.290. The van der Waals surface area contributed by atoms with Crippen LogP contribution in [0.25, 0.3) is 33.1 Å². The van der Waals surface area contributed by atoms with Crippen molar-refractivity contribution in [1.29, 1.82) is 0 Å². The minimum absolute atomic E-state index is 0.501. The molecule has 0 fully saturated rings. The summed E-state index contributed by atoms with van der Waals surface area (Å²) in [5.74, 6) is 0.501. The van der Waals surface area contributed by atoms with Gasteiger partial charge in [-0.1, -0.05) is 66.7 Å². The number of rotatable bonds is 10. The maximum absolute atomic E-state index is 6.17. The monoisotopic (exact) mass is 477 g/mol. The van der Waals surface area contributed by atoms with Crippen molar-refractivity contribution >= 4 is 27.8 Å². The number of fused-ring (bicyclic) bond motifs is 3. The van der Waals surface area contributed by atoms with Gasteiger partial charge < -0.3 is 15.2 Å². The zero-order valence-electron chi connectivity index (χ0n) is 21.3. The number of nitrogens with zero attached hydrogens (tertiary/aromatic N) is 4. The van der Waals surface area contributed by atoms with Crippen molar-refractivity contribution in [3.05, 3.63) is 90.3 Å². The van der Waals surface area contributed by atoms with Gasteiger partial charge in [0.25, 0.3) is 0 Å². The Labute approximate surface area is 213 Å². The van der Waals surface area contributed by atoms with Crippen LogP contribution in [0.5, 0.6) is 0 Å². The van der Waals surface area contributed by atoms with E-state index in [0.717, 1.165) is 60.7 Å². The lowest BCUT2D eigenvalue weighted by atomic mass is 9.99. The third-order valence-electron chi connectivity index (χ3n) is 6.91. The lowest BCUT2D eigenvalue weighted by Crippen LogP contribution is -2.13. The van der Waals surface area contributed by atoms with Crippen LogP contribution in [-0.4, -0.2) is 40.1 Å². The second-order valence-corrected chi connectivity index (χ2v) is 9.91. The van der Waals surface area contributed by atoms with Gasteiger partial charge in [0.2, 0.25) is 0 Å². The molecule has 0 aliphatic heterocycles. The Morgan fingerprint density at radius 2 is 1.42 bits per heavy atom. The minimum Gasteiger partial charge on any atom is -0.382 e. The molecule has 0 bridgehead atoms. The van der Waals surface area contributed by atoms with Crippen LogP contribution in [0.1, 0.15) is 30.4 Å². The minimum atomic E-state index is 0.501. The SMILES string of the molecule is CN(C)CCCc1ccc(-c2ccc(CCCCn3cnc4c(N)nc5ccccc5c43)cc2)cc1. The van der Waals surface area contributed by atoms with Crippen molar-refractivity contribution in [1.82, 2.24) is 19.4 Å². The van der Waals surface area contributed by atoms with Crippen LogP contribution < -0.4 is 5.73 Å². The van der Waals surface area contributed by atoms with Crippen LogP contribution in [-0.2, 0) is 19.4 Å². The van der Waals surface area contributed by atoms with Gasteiger partial charge >= 0.3 is 0 Å². The number of aryl methyl sites for hydroxylation is 3. The number of para-hydroxylation sites is 1. The molecule has 2 aromatic heterocycles. The molecule has 36 heavy (non-hydrogen) atoms. The van der Waals surface area contributed by atoms with E-state index in [1.54, 1.807) is 0 Å². The van der Waals surface area contributed by atoms with Gasteiger partial charge in [-0.05, 0) is 81.1 Å². The number of aromatic nitrogens is 3. The van der Waals surface area contributed by atoms with E-state index < -0.39 is 0 Å². The first-order valence-corrected chi connectivity index (χ1v) is 12.9. The van der Waals surface area contributed by atoms with Crippen molar-refractivity contribution in [3.8, 4) is 11.1 Å². The molecule has 0 saturated carbocycles. The Bertz CT molecular complexity index is 1430. The molecule has 184 valence electrons. The van der Waals surface area contributed by atoms with E-state index in [1.807, 2.05) is 24.5 Å². The van der Waals surface area contributed by atoms with Crippen LogP contribution >= 0.6 is 0 Å². The summed E-state index contributed by atoms with van der Waals surface area (Å²) >= 11 is 0. The fourth-order valence-electron chi connectivity index (χ4n) is 4.91. The number of hydrogen-bond acceptors (Lipinski definition) is 4. The Morgan fingerprint density at radius 3 is 2.08 bits per heavy atom. The summed E-state index contributed by atoms with van der Waals surface area (Å²) in [7, 11) is 4.26. The van der Waals surface area contributed by atoms with Gasteiger partial charge in [0.15, 0.2) is 5.82 Å². The standard InChI is InChI=1S/C31H35N5/c1-35(2)20-7-9-24-14-18-26(19-15-24)25-16-12-23(13-17-25)8-5-6-21-36-22-33-29-30(36)27-10-3-4-11-28(27)34-31(29)32/h3-4,10-19,22H,5-9,20-21H2,1-2H3,(H2,32,34). The van der Waals surface area contributed by atoms with E-state index in [0.29, 0.717) is 5.82 Å². The lowest BCUT2D eigenvalue weighted by molar-refractivity contribution is 0.400. The van der Waals surface area contributed by atoms with Crippen LogP contribution in [0.2, 0.25) is 0 Å². The van der Waals surface area contributed by atoms with Crippen molar-refractivity contribution < 1.29 is 0 Å². The highest BCUT2D eigenvalue weighted by atomic mass is 15.1. The third-order valence-corrected chi connectivity index (χ3v) is 6.91. The number of pyridine rings is 1. The van der Waals surface area contributed by atoms with E-state index in [-0.39, 0.29) is 0 Å². The van der Waals surface area contributed by atoms with Crippen LogP contribution in [0, 0.1) is 0 Å². The Morgan fingerprint density at radius 1 is 0.778 bits per heavy atom. The van der Waals surface area contributed by atoms with Gasteiger partial charge in [0.05, 0.1) is 17.4 Å². The second-order valence-electron chi connectivity index (χ2n) is 9.91. The smallest absolute Gasteiger partial charge is 0.152 e. The average molecular weight is 478 g/mol. The maximum atomic E-state index is 6.17. The molecular weight excluding hydrogens is 442 g/mol. The molecule has 0 radical (unpaired) electrons. The summed E-state index contributed by atoms with van der Waals surface area (Å²) in [6.07, 6.45) is 7.50. The van der Waals surface area contributed by atoms with Crippen LogP contribution in [0.3, 0.4) is 0 Å². The number of benzene rings is 3. The van der Waals surface area contributed by atoms with Crippen molar-refractivity contribution in [2.24, 2.45) is 0 Å². The highest BCUT2D eigenvalue weighted by Crippen LogP contribution is 2.27. The molecule has 5 nitrogen and oxygen atoms in total. The van der Waals surface area contributed by atoms with Crippen molar-refractivity contribution in [2.75, 3.05) is 26.4 Å². The predicted octanol–water partition coefficient (Wildman–Crippen LogP) is 6.35. The van der Waals surface area contributed by atoms with Gasteiger partial charge in [0, 0.05) is 11.9 Å². The first kappa shape index (κ1) is 24.0. The molecule has 0 aliphatic carbocycles. The number of nitrogens with two attached hydrogens (primary N) is 1. The second kappa shape index (κ2) is 10.9. The van der Waals surface area contributed by atoms with Crippen molar-refractivity contribution in [2.45, 2.75) is 38.6 Å². The molecule has 0 aliphatic rings. The molecule has 2 heterocycles. The van der Waals surface area contributed by atoms with Crippen molar-refractivity contribution in [3.63, 3.8) is 0 Å². The van der Waals surface area contributed by atoms with E-state index in [2.05, 4.69) is 88.1 Å². The zero-order valence-corrected chi connectivity index (χ0v) is 21.3. The topological polar surface area (TPSA) is 60.0 Å². The third kappa shape index (κ3) is 5.42. The maximum Gasteiger partial charge on any atom is 0.152 e. The largest absolute Gasteiger partial charge is 0.382 e. The number of unbranched alkanes of at least 4 members (excludes halogenated alkanes) is 1. The van der Waals surface area contributed by atoms with Crippen LogP contribution in [0.4, 0.5) is 5.82 Å². The summed E-state index contributed by atoms with van der Waals surface area (Å²) in [6, 6.07) is 26.2. The first-order valence-electron chi connectivity index (χ1n) is 12.9. The van der Waals surface area contributed by atoms with Gasteiger partial charge in [0.1, 0.15) is 5.52 Å². The Balaban J connectivity index is 1.16. The number of imidazole rings is 1. The molecule has 2 N–H and O–H groups in total. The average Bonchev–Trinajstić information content (AvgIpc) is 3.32. The van der Waals surface area contributed by atoms with Crippen LogP contribution in [0.15, 0.2) is 79.1 Å². The number of anilines is 1. The van der Waals surface area contributed by atoms with Gasteiger partial charge in [-0.3, -0.25) is 0 Å². The van der Waals surface area contributed by atoms with Gasteiger partial charge in [-0.25, -0.2) is 9.97 Å². The predicted molar refractivity (Wildman–Crippen MR) is 151 cm³/mol. The fourth-order valence-corrected chi connectivity index (χ4v) is 4.91. The molecule has 5 heteroatoms. The zero-order chi connectivity index (χ0) is 24.9. The molecule has 0 atom stereocenters. The molecule has 0 unspecified atom stereocenters. The highest BCUT2D eigenvalue weighted by molar-refractivity contribution is 6.06. The van der Waals surface area contributed by atoms with E-state index >= 15 is 0 Å². The summed E-state index contributed by atoms with van der Waals surface area (Å²) in [6.45, 7) is 2.05. The van der Waals surface area contributed by atoms with E-state index in [1.165, 1.54) is 28.7 Å².